The second-order valence-electron chi connectivity index (χ2n) is 3.03. The first-order chi connectivity index (χ1) is 5.25. The summed E-state index contributed by atoms with van der Waals surface area (Å²) < 4.78 is 0. The molecule has 0 aromatic heterocycles. The van der Waals surface area contributed by atoms with E-state index in [9.17, 15) is 4.79 Å². The molecule has 3 heteroatoms. The quantitative estimate of drug-likeness (QED) is 0.649. The minimum absolute atomic E-state index is 0.308. The summed E-state index contributed by atoms with van der Waals surface area (Å²) in [4.78, 5) is 13.1. The molecular weight excluding hydrogens is 206 g/mol. The van der Waals surface area contributed by atoms with Crippen molar-refractivity contribution < 1.29 is 4.79 Å². The lowest BCUT2D eigenvalue weighted by molar-refractivity contribution is -0.134. The van der Waals surface area contributed by atoms with Gasteiger partial charge in [0, 0.05) is 24.8 Å². The van der Waals surface area contributed by atoms with Gasteiger partial charge in [-0.3, -0.25) is 4.79 Å². The highest BCUT2D eigenvalue weighted by molar-refractivity contribution is 9.09. The molecule has 0 unspecified atom stereocenters. The van der Waals surface area contributed by atoms with Crippen LogP contribution in [0.3, 0.4) is 0 Å². The molecule has 64 valence electrons. The van der Waals surface area contributed by atoms with Crippen LogP contribution in [0.1, 0.15) is 25.7 Å². The van der Waals surface area contributed by atoms with E-state index < -0.39 is 0 Å². The van der Waals surface area contributed by atoms with Crippen molar-refractivity contribution in [3.05, 3.63) is 0 Å². The van der Waals surface area contributed by atoms with Crippen LogP contribution in [0.25, 0.3) is 0 Å². The molecule has 0 saturated carbocycles. The fourth-order valence-electron chi connectivity index (χ4n) is 1.53. The Balaban J connectivity index is 2.44. The number of likely N-dealkylation sites (tertiary alicyclic amines) is 1. The minimum Gasteiger partial charge on any atom is -0.343 e. The number of halogens is 1. The predicted molar refractivity (Wildman–Crippen MR) is 48.8 cm³/mol. The van der Waals surface area contributed by atoms with E-state index in [0.717, 1.165) is 24.6 Å². The first kappa shape index (κ1) is 9.04. The van der Waals surface area contributed by atoms with E-state index in [0.29, 0.717) is 11.9 Å². The van der Waals surface area contributed by atoms with Gasteiger partial charge < -0.3 is 4.90 Å². The molecule has 1 heterocycles. The number of nitrogens with zero attached hydrogens (tertiary/aromatic N) is 1. The van der Waals surface area contributed by atoms with Crippen molar-refractivity contribution in [3.63, 3.8) is 0 Å². The fourth-order valence-corrected chi connectivity index (χ4v) is 2.05. The molecule has 1 atom stereocenters. The Morgan fingerprint density at radius 1 is 1.73 bits per heavy atom. The van der Waals surface area contributed by atoms with E-state index in [4.69, 9.17) is 0 Å². The molecule has 0 N–H and O–H groups in total. The van der Waals surface area contributed by atoms with Crippen molar-refractivity contribution >= 4 is 21.8 Å². The van der Waals surface area contributed by atoms with Crippen molar-refractivity contribution in [1.82, 2.24) is 4.90 Å². The van der Waals surface area contributed by atoms with Gasteiger partial charge in [-0.05, 0) is 19.3 Å². The molecule has 0 bridgehead atoms. The van der Waals surface area contributed by atoms with Gasteiger partial charge in [-0.2, -0.15) is 0 Å². The van der Waals surface area contributed by atoms with Gasteiger partial charge in [0.05, 0.1) is 0 Å². The molecule has 0 aromatic rings. The summed E-state index contributed by atoms with van der Waals surface area (Å²) in [5, 5.41) is 0.995. The number of carbonyl (C=O) groups excluding carboxylic acids is 1. The Morgan fingerprint density at radius 2 is 2.45 bits per heavy atom. The van der Waals surface area contributed by atoms with E-state index in [1.165, 1.54) is 6.42 Å². The van der Waals surface area contributed by atoms with Crippen molar-refractivity contribution in [2.75, 3.05) is 12.4 Å². The maximum atomic E-state index is 11.2. The summed E-state index contributed by atoms with van der Waals surface area (Å²) in [6, 6.07) is 0.482. The number of piperidine rings is 1. The van der Waals surface area contributed by atoms with Crippen LogP contribution in [-0.2, 0) is 4.79 Å². The summed E-state index contributed by atoms with van der Waals surface area (Å²) >= 11 is 3.39. The second kappa shape index (κ2) is 4.10. The van der Waals surface area contributed by atoms with Gasteiger partial charge in [-0.25, -0.2) is 0 Å². The first-order valence-electron chi connectivity index (χ1n) is 4.07. The third kappa shape index (κ3) is 2.19. The molecule has 11 heavy (non-hydrogen) atoms. The summed E-state index contributed by atoms with van der Waals surface area (Å²) in [7, 11) is 1.91. The van der Waals surface area contributed by atoms with Gasteiger partial charge in [0.15, 0.2) is 0 Å². The molecule has 1 fully saturated rings. The minimum atomic E-state index is 0.308. The van der Waals surface area contributed by atoms with Crippen molar-refractivity contribution in [2.24, 2.45) is 0 Å². The second-order valence-corrected chi connectivity index (χ2v) is 3.82. The normalized spacial score (nSPS) is 25.8. The summed E-state index contributed by atoms with van der Waals surface area (Å²) in [5.74, 6) is 0.308. The highest BCUT2D eigenvalue weighted by Crippen LogP contribution is 2.19. The van der Waals surface area contributed by atoms with Crippen LogP contribution < -0.4 is 0 Å². The zero-order chi connectivity index (χ0) is 8.27. The molecule has 0 radical (unpaired) electrons. The SMILES string of the molecule is CN1C(=O)CCC[C@H]1CCBr. The van der Waals surface area contributed by atoms with Crippen LogP contribution in [0, 0.1) is 0 Å². The Kier molecular flexibility index (Phi) is 3.37. The Hall–Kier alpha value is -0.0500. The molecule has 2 nitrogen and oxygen atoms in total. The molecule has 1 aliphatic heterocycles. The van der Waals surface area contributed by atoms with Crippen LogP contribution in [0.5, 0.6) is 0 Å². The zero-order valence-corrected chi connectivity index (χ0v) is 8.43. The third-order valence-corrected chi connectivity index (χ3v) is 2.77. The summed E-state index contributed by atoms with van der Waals surface area (Å²) in [6.07, 6.45) is 4.08. The van der Waals surface area contributed by atoms with Crippen LogP contribution >= 0.6 is 15.9 Å². The number of hydrogen-bond acceptors (Lipinski definition) is 1. The fraction of sp³-hybridized carbons (Fsp3) is 0.875. The lowest BCUT2D eigenvalue weighted by atomic mass is 10.0. The smallest absolute Gasteiger partial charge is 0.222 e. The molecular formula is C8H14BrNO. The molecule has 1 rings (SSSR count). The average Bonchev–Trinajstić information content (AvgIpc) is 1.99. The molecule has 1 saturated heterocycles. The average molecular weight is 220 g/mol. The molecule has 0 aliphatic carbocycles. The largest absolute Gasteiger partial charge is 0.343 e. The van der Waals surface area contributed by atoms with Crippen molar-refractivity contribution in [1.29, 1.82) is 0 Å². The molecule has 1 aliphatic rings. The Labute approximate surface area is 76.1 Å². The van der Waals surface area contributed by atoms with E-state index in [1.807, 2.05) is 11.9 Å². The van der Waals surface area contributed by atoms with E-state index in [1.54, 1.807) is 0 Å². The van der Waals surface area contributed by atoms with E-state index in [2.05, 4.69) is 15.9 Å². The third-order valence-electron chi connectivity index (χ3n) is 2.31. The summed E-state index contributed by atoms with van der Waals surface area (Å²) in [5.41, 5.74) is 0. The van der Waals surface area contributed by atoms with Gasteiger partial charge in [0.1, 0.15) is 0 Å². The van der Waals surface area contributed by atoms with E-state index >= 15 is 0 Å². The van der Waals surface area contributed by atoms with Gasteiger partial charge in [0.25, 0.3) is 0 Å². The van der Waals surface area contributed by atoms with Crippen LogP contribution in [0.15, 0.2) is 0 Å². The maximum Gasteiger partial charge on any atom is 0.222 e. The van der Waals surface area contributed by atoms with Crippen molar-refractivity contribution in [2.45, 2.75) is 31.7 Å². The Morgan fingerprint density at radius 3 is 3.09 bits per heavy atom. The maximum absolute atomic E-state index is 11.2. The van der Waals surface area contributed by atoms with Gasteiger partial charge in [-0.1, -0.05) is 15.9 Å². The van der Waals surface area contributed by atoms with Crippen LogP contribution in [-0.4, -0.2) is 29.2 Å². The van der Waals surface area contributed by atoms with Crippen LogP contribution in [0.2, 0.25) is 0 Å². The monoisotopic (exact) mass is 219 g/mol. The molecule has 0 aromatic carbocycles. The summed E-state index contributed by atoms with van der Waals surface area (Å²) in [6.45, 7) is 0. The van der Waals surface area contributed by atoms with Crippen LogP contribution in [0.4, 0.5) is 0 Å². The highest BCUT2D eigenvalue weighted by atomic mass is 79.9. The number of rotatable bonds is 2. The lowest BCUT2D eigenvalue weighted by Crippen LogP contribution is -2.40. The lowest BCUT2D eigenvalue weighted by Gasteiger charge is -2.32. The predicted octanol–water partition coefficient (Wildman–Crippen LogP) is 1.78. The topological polar surface area (TPSA) is 20.3 Å². The zero-order valence-electron chi connectivity index (χ0n) is 6.85. The number of amides is 1. The standard InChI is InChI=1S/C8H14BrNO/c1-10-7(5-6-9)3-2-4-8(10)11/h7H,2-6H2,1H3/t7-/m0/s1. The molecule has 1 amide bonds. The number of hydrogen-bond donors (Lipinski definition) is 0. The van der Waals surface area contributed by atoms with Crippen molar-refractivity contribution in [3.8, 4) is 0 Å². The molecule has 0 spiro atoms. The van der Waals surface area contributed by atoms with Gasteiger partial charge in [-0.15, -0.1) is 0 Å². The Bertz CT molecular complexity index is 147. The van der Waals surface area contributed by atoms with Gasteiger partial charge >= 0.3 is 0 Å². The first-order valence-corrected chi connectivity index (χ1v) is 5.19. The van der Waals surface area contributed by atoms with E-state index in [-0.39, 0.29) is 0 Å². The number of carbonyl (C=O) groups is 1. The highest BCUT2D eigenvalue weighted by Gasteiger charge is 2.23. The van der Waals surface area contributed by atoms with Gasteiger partial charge in [0.2, 0.25) is 5.91 Å². The number of alkyl halides is 1.